The zero-order valence-corrected chi connectivity index (χ0v) is 21.7. The van der Waals surface area contributed by atoms with Crippen LogP contribution in [-0.4, -0.2) is 35.5 Å². The number of esters is 1. The van der Waals surface area contributed by atoms with E-state index in [4.69, 9.17) is 14.2 Å². The minimum Gasteiger partial charge on any atom is -0.508 e. The number of phenols is 1. The number of hydrogen-bond acceptors (Lipinski definition) is 8. The van der Waals surface area contributed by atoms with Crippen molar-refractivity contribution in [3.8, 4) is 17.2 Å². The van der Waals surface area contributed by atoms with Crippen molar-refractivity contribution in [2.45, 2.75) is 26.8 Å². The second-order valence-electron chi connectivity index (χ2n) is 8.14. The summed E-state index contributed by atoms with van der Waals surface area (Å²) < 4.78 is 18.8. The van der Waals surface area contributed by atoms with E-state index in [1.54, 1.807) is 68.5 Å². The van der Waals surface area contributed by atoms with Crippen molar-refractivity contribution in [3.05, 3.63) is 97.2 Å². The predicted octanol–water partition coefficient (Wildman–Crippen LogP) is 3.47. The molecule has 192 valence electrons. The number of thiazole rings is 1. The fourth-order valence-electron chi connectivity index (χ4n) is 4.10. The highest BCUT2D eigenvalue weighted by Gasteiger charge is 2.34. The number of nitrogens with zero attached hydrogens (tertiary/aromatic N) is 2. The van der Waals surface area contributed by atoms with E-state index in [9.17, 15) is 14.7 Å². The molecule has 2 aromatic carbocycles. The third-order valence-electron chi connectivity index (χ3n) is 5.63. The largest absolute Gasteiger partial charge is 0.508 e. The van der Waals surface area contributed by atoms with Crippen LogP contribution in [0.15, 0.2) is 76.2 Å². The highest BCUT2D eigenvalue weighted by Crippen LogP contribution is 2.36. The van der Waals surface area contributed by atoms with Gasteiger partial charge in [0.15, 0.2) is 16.3 Å². The molecule has 1 aliphatic rings. The number of hydrogen-bond donors (Lipinski definition) is 1. The number of ether oxygens (including phenoxy) is 3. The summed E-state index contributed by atoms with van der Waals surface area (Å²) >= 11 is 1.21. The number of fused-ring (bicyclic) bond motifs is 1. The Balaban J connectivity index is 1.94. The van der Waals surface area contributed by atoms with Crippen LogP contribution in [-0.2, 0) is 9.53 Å². The molecular weight excluding hydrogens is 492 g/mol. The lowest BCUT2D eigenvalue weighted by Crippen LogP contribution is -2.40. The molecule has 0 aliphatic carbocycles. The molecule has 8 nitrogen and oxygen atoms in total. The average molecular weight is 521 g/mol. The molecule has 1 N–H and O–H groups in total. The molecule has 4 rings (SSSR count). The van der Waals surface area contributed by atoms with Crippen molar-refractivity contribution in [3.63, 3.8) is 0 Å². The molecule has 0 fully saturated rings. The number of benzene rings is 2. The Labute approximate surface area is 218 Å². The Morgan fingerprint density at radius 3 is 2.68 bits per heavy atom. The Morgan fingerprint density at radius 2 is 1.97 bits per heavy atom. The Morgan fingerprint density at radius 1 is 1.16 bits per heavy atom. The highest BCUT2D eigenvalue weighted by molar-refractivity contribution is 7.07. The lowest BCUT2D eigenvalue weighted by molar-refractivity contribution is -0.139. The van der Waals surface area contributed by atoms with Crippen molar-refractivity contribution in [2.24, 2.45) is 4.99 Å². The third-order valence-corrected chi connectivity index (χ3v) is 6.61. The van der Waals surface area contributed by atoms with Crippen LogP contribution >= 0.6 is 11.3 Å². The zero-order chi connectivity index (χ0) is 26.5. The molecule has 9 heteroatoms. The number of aromatic hydroxyl groups is 1. The first kappa shape index (κ1) is 26.0. The summed E-state index contributed by atoms with van der Waals surface area (Å²) in [5.41, 5.74) is 1.76. The maximum absolute atomic E-state index is 13.7. The number of rotatable bonds is 9. The number of allylic oxidation sites excluding steroid dienone is 1. The summed E-state index contributed by atoms with van der Waals surface area (Å²) in [5, 5.41) is 9.84. The van der Waals surface area contributed by atoms with Gasteiger partial charge in [-0.05, 0) is 62.2 Å². The van der Waals surface area contributed by atoms with Crippen LogP contribution in [0.4, 0.5) is 0 Å². The van der Waals surface area contributed by atoms with Crippen molar-refractivity contribution >= 4 is 23.4 Å². The van der Waals surface area contributed by atoms with Crippen LogP contribution in [0.1, 0.15) is 37.9 Å². The van der Waals surface area contributed by atoms with Crippen LogP contribution in [0.25, 0.3) is 6.08 Å². The predicted molar refractivity (Wildman–Crippen MR) is 142 cm³/mol. The first-order valence-electron chi connectivity index (χ1n) is 11.9. The van der Waals surface area contributed by atoms with Crippen molar-refractivity contribution in [1.29, 1.82) is 0 Å². The van der Waals surface area contributed by atoms with E-state index in [-0.39, 0.29) is 23.5 Å². The van der Waals surface area contributed by atoms with E-state index < -0.39 is 12.0 Å². The standard InChI is InChI=1S/C28H28N2O6S/c1-5-13-36-21-12-11-19(16-22(21)34-6-2)25-24(27(33)35-7-3)17(4)29-28-30(25)26(32)23(37-28)15-18-9-8-10-20(31)14-18/h5,8-12,14-16,25,31H,1,6-7,13H2,2-4H3/t25-/m1/s1. The van der Waals surface area contributed by atoms with Crippen molar-refractivity contribution < 1.29 is 24.1 Å². The molecule has 0 radical (unpaired) electrons. The number of carbonyl (C=O) groups is 1. The lowest BCUT2D eigenvalue weighted by Gasteiger charge is -2.25. The van der Waals surface area contributed by atoms with Gasteiger partial charge in [0.05, 0.1) is 35.1 Å². The SMILES string of the molecule is C=CCOc1ccc([C@@H]2C(C(=O)OCC)=C(C)N=c3sc(=Cc4cccc(O)c4)c(=O)n32)cc1OCC. The molecule has 3 aromatic rings. The van der Waals surface area contributed by atoms with Crippen LogP contribution in [0.3, 0.4) is 0 Å². The van der Waals surface area contributed by atoms with Crippen molar-refractivity contribution in [2.75, 3.05) is 19.8 Å². The van der Waals surface area contributed by atoms with Gasteiger partial charge >= 0.3 is 5.97 Å². The van der Waals surface area contributed by atoms with Gasteiger partial charge in [-0.1, -0.05) is 42.2 Å². The molecule has 2 heterocycles. The van der Waals surface area contributed by atoms with Gasteiger partial charge in [0.1, 0.15) is 12.4 Å². The molecular formula is C28H28N2O6S. The second kappa shape index (κ2) is 11.3. The maximum atomic E-state index is 13.7. The lowest BCUT2D eigenvalue weighted by atomic mass is 9.95. The van der Waals surface area contributed by atoms with Gasteiger partial charge in [0.25, 0.3) is 5.56 Å². The fourth-order valence-corrected chi connectivity index (χ4v) is 5.15. The smallest absolute Gasteiger partial charge is 0.338 e. The minimum atomic E-state index is -0.783. The molecule has 0 saturated carbocycles. The molecule has 1 aliphatic heterocycles. The minimum absolute atomic E-state index is 0.0991. The summed E-state index contributed by atoms with van der Waals surface area (Å²) in [6.07, 6.45) is 3.33. The molecule has 0 spiro atoms. The van der Waals surface area contributed by atoms with Gasteiger partial charge in [-0.15, -0.1) is 0 Å². The maximum Gasteiger partial charge on any atom is 0.338 e. The Kier molecular flexibility index (Phi) is 7.93. The normalized spacial score (nSPS) is 15.1. The van der Waals surface area contributed by atoms with E-state index in [1.165, 1.54) is 15.9 Å². The molecule has 0 saturated heterocycles. The summed E-state index contributed by atoms with van der Waals surface area (Å²) in [7, 11) is 0. The molecule has 1 atom stereocenters. The quantitative estimate of drug-likeness (QED) is 0.343. The summed E-state index contributed by atoms with van der Waals surface area (Å²) in [6.45, 7) is 9.90. The van der Waals surface area contributed by atoms with E-state index in [0.717, 1.165) is 0 Å². The highest BCUT2D eigenvalue weighted by atomic mass is 32.1. The van der Waals surface area contributed by atoms with E-state index in [0.29, 0.717) is 50.9 Å². The number of phenolic OH excluding ortho intramolecular Hbond substituents is 1. The van der Waals surface area contributed by atoms with E-state index in [1.807, 2.05) is 6.92 Å². The summed E-state index contributed by atoms with van der Waals surface area (Å²) in [4.78, 5) is 31.9. The Bertz CT molecular complexity index is 1550. The molecule has 37 heavy (non-hydrogen) atoms. The zero-order valence-electron chi connectivity index (χ0n) is 20.9. The third kappa shape index (κ3) is 5.36. The first-order valence-corrected chi connectivity index (χ1v) is 12.7. The van der Waals surface area contributed by atoms with Crippen LogP contribution in [0.2, 0.25) is 0 Å². The van der Waals surface area contributed by atoms with Gasteiger partial charge in [-0.3, -0.25) is 9.36 Å². The molecule has 0 unspecified atom stereocenters. The topological polar surface area (TPSA) is 99.4 Å². The average Bonchev–Trinajstić information content (AvgIpc) is 3.17. The van der Waals surface area contributed by atoms with E-state index in [2.05, 4.69) is 11.6 Å². The molecule has 0 amide bonds. The summed E-state index contributed by atoms with van der Waals surface area (Å²) in [5.74, 6) is 0.574. The first-order chi connectivity index (χ1) is 17.9. The fraction of sp³-hybridized carbons (Fsp3) is 0.250. The van der Waals surface area contributed by atoms with Gasteiger partial charge in [-0.25, -0.2) is 9.79 Å². The van der Waals surface area contributed by atoms with Gasteiger partial charge < -0.3 is 19.3 Å². The van der Waals surface area contributed by atoms with Crippen molar-refractivity contribution in [1.82, 2.24) is 4.57 Å². The molecule has 0 bridgehead atoms. The van der Waals surface area contributed by atoms with Gasteiger partial charge in [0.2, 0.25) is 0 Å². The van der Waals surface area contributed by atoms with Crippen LogP contribution in [0.5, 0.6) is 17.2 Å². The van der Waals surface area contributed by atoms with Crippen LogP contribution in [0, 0.1) is 0 Å². The van der Waals surface area contributed by atoms with Gasteiger partial charge in [0, 0.05) is 0 Å². The monoisotopic (exact) mass is 520 g/mol. The Hall–Kier alpha value is -4.11. The number of aromatic nitrogens is 1. The van der Waals surface area contributed by atoms with Gasteiger partial charge in [-0.2, -0.15) is 0 Å². The molecule has 1 aromatic heterocycles. The number of carbonyl (C=O) groups excluding carboxylic acids is 1. The summed E-state index contributed by atoms with van der Waals surface area (Å²) in [6, 6.07) is 11.2. The van der Waals surface area contributed by atoms with Crippen LogP contribution < -0.4 is 24.4 Å². The van der Waals surface area contributed by atoms with E-state index >= 15 is 0 Å². The second-order valence-corrected chi connectivity index (χ2v) is 9.15.